The number of halogens is 1. The van der Waals surface area contributed by atoms with Gasteiger partial charge in [0.15, 0.2) is 11.5 Å². The summed E-state index contributed by atoms with van der Waals surface area (Å²) in [6.07, 6.45) is 9.86. The molecule has 61 heavy (non-hydrogen) atoms. The van der Waals surface area contributed by atoms with Gasteiger partial charge in [0.05, 0.1) is 25.5 Å². The van der Waals surface area contributed by atoms with Crippen LogP contribution in [0, 0.1) is 29.0 Å². The van der Waals surface area contributed by atoms with Gasteiger partial charge in [-0.05, 0) is 81.2 Å². The van der Waals surface area contributed by atoms with E-state index in [0.717, 1.165) is 61.9 Å². The Morgan fingerprint density at radius 3 is 2.21 bits per heavy atom. The highest BCUT2D eigenvalue weighted by molar-refractivity contribution is 6.03. The van der Waals surface area contributed by atoms with Crippen LogP contribution < -0.4 is 19.1 Å². The monoisotopic (exact) mass is 817 g/mol. The van der Waals surface area contributed by atoms with E-state index in [1.807, 2.05) is 62.5 Å². The summed E-state index contributed by atoms with van der Waals surface area (Å²) in [4.78, 5) is 24.5. The molecule has 1 aliphatic rings. The summed E-state index contributed by atoms with van der Waals surface area (Å²) in [5.41, 5.74) is 8.04. The number of anilines is 1. The Hall–Kier alpha value is -7.71. The summed E-state index contributed by atoms with van der Waals surface area (Å²) in [5.74, 6) is 2.56. The Morgan fingerprint density at radius 1 is 0.787 bits per heavy atom. The van der Waals surface area contributed by atoms with E-state index in [2.05, 4.69) is 35.7 Å². The van der Waals surface area contributed by atoms with Gasteiger partial charge in [0.2, 0.25) is 6.79 Å². The predicted octanol–water partition coefficient (Wildman–Crippen LogP) is 9.67. The van der Waals surface area contributed by atoms with E-state index in [1.165, 1.54) is 18.5 Å². The van der Waals surface area contributed by atoms with Crippen LogP contribution in [0.15, 0.2) is 122 Å². The van der Waals surface area contributed by atoms with Crippen molar-refractivity contribution in [2.45, 2.75) is 12.8 Å². The lowest BCUT2D eigenvalue weighted by atomic mass is 9.91. The molecule has 0 radical (unpaired) electrons. The Kier molecular flexibility index (Phi) is 14.3. The highest BCUT2D eigenvalue weighted by Crippen LogP contribution is 2.39. The molecular formula is C50H44FN3O7. The summed E-state index contributed by atoms with van der Waals surface area (Å²) in [7, 11) is 3.99. The number of esters is 2. The Labute approximate surface area is 354 Å². The molecule has 6 aromatic rings. The third kappa shape index (κ3) is 10.7. The lowest BCUT2D eigenvalue weighted by Gasteiger charge is -2.21. The number of carbonyl (C=O) groups excluding carboxylic acids is 2. The standard InChI is InChI=1S/C42H37FN2O5.C8H7NO2/c1-5-40(46)49-22-7-21-48-34-14-9-29(10-15-34)36-18-12-32(26-39(36)43)35-17-11-31(25-33(35)27-44)38-19-13-30-24-28(20-23-50-41(47)6-2)8-16-37(30)42(38)45(3)4;9-4-6-1-2-7-8(3-6)11-5-10-7/h2,5,8-19,24-27,44H,1,7,20-23H2,3-4H3;1-4,9H,5H2. The number of ether oxygens (including phenoxy) is 5. The Balaban J connectivity index is 0.000000485. The van der Waals surface area contributed by atoms with Crippen LogP contribution in [0.5, 0.6) is 17.2 Å². The summed E-state index contributed by atoms with van der Waals surface area (Å²) >= 11 is 0. The molecule has 0 unspecified atom stereocenters. The number of nitrogens with zero attached hydrogens (tertiary/aromatic N) is 1. The Morgan fingerprint density at radius 2 is 1.51 bits per heavy atom. The van der Waals surface area contributed by atoms with Gasteiger partial charge >= 0.3 is 11.9 Å². The second-order valence-electron chi connectivity index (χ2n) is 13.9. The summed E-state index contributed by atoms with van der Waals surface area (Å²) in [5, 5.41) is 17.3. The zero-order chi connectivity index (χ0) is 43.3. The van der Waals surface area contributed by atoms with E-state index in [0.29, 0.717) is 47.5 Å². The second-order valence-corrected chi connectivity index (χ2v) is 13.9. The fraction of sp³-hybridized carbons (Fsp3) is 0.160. The molecule has 0 aromatic heterocycles. The maximum Gasteiger partial charge on any atom is 0.384 e. The minimum absolute atomic E-state index is 0.210. The molecule has 0 saturated heterocycles. The summed E-state index contributed by atoms with van der Waals surface area (Å²) in [6.45, 7) is 4.47. The van der Waals surface area contributed by atoms with Crippen LogP contribution in [0.2, 0.25) is 0 Å². The van der Waals surface area contributed by atoms with Crippen molar-refractivity contribution in [2.75, 3.05) is 45.6 Å². The van der Waals surface area contributed by atoms with Crippen LogP contribution in [0.4, 0.5) is 10.1 Å². The van der Waals surface area contributed by atoms with Crippen molar-refractivity contribution in [3.05, 3.63) is 144 Å². The average Bonchev–Trinajstić information content (AvgIpc) is 3.76. The van der Waals surface area contributed by atoms with Gasteiger partial charge in [-0.3, -0.25) is 0 Å². The van der Waals surface area contributed by atoms with Gasteiger partial charge in [-0.2, -0.15) is 0 Å². The molecule has 0 fully saturated rings. The van der Waals surface area contributed by atoms with E-state index in [9.17, 15) is 9.59 Å². The van der Waals surface area contributed by atoms with Crippen molar-refractivity contribution >= 4 is 40.8 Å². The highest BCUT2D eigenvalue weighted by atomic mass is 19.1. The van der Waals surface area contributed by atoms with Crippen LogP contribution in [-0.4, -0.2) is 65.1 Å². The first kappa shape index (κ1) is 42.9. The van der Waals surface area contributed by atoms with Crippen molar-refractivity contribution in [3.63, 3.8) is 0 Å². The van der Waals surface area contributed by atoms with E-state index >= 15 is 4.39 Å². The normalized spacial score (nSPS) is 11.0. The molecule has 0 amide bonds. The zero-order valence-corrected chi connectivity index (χ0v) is 33.8. The first-order chi connectivity index (χ1) is 29.6. The highest BCUT2D eigenvalue weighted by Gasteiger charge is 2.16. The molecule has 1 aliphatic heterocycles. The lowest BCUT2D eigenvalue weighted by molar-refractivity contribution is -0.138. The molecule has 7 rings (SSSR count). The van der Waals surface area contributed by atoms with Crippen LogP contribution in [0.3, 0.4) is 0 Å². The van der Waals surface area contributed by atoms with Crippen LogP contribution >= 0.6 is 0 Å². The van der Waals surface area contributed by atoms with Gasteiger partial charge in [-0.15, -0.1) is 6.42 Å². The number of nitrogens with one attached hydrogen (secondary N) is 2. The molecule has 6 aromatic carbocycles. The lowest BCUT2D eigenvalue weighted by Crippen LogP contribution is -2.11. The largest absolute Gasteiger partial charge is 0.493 e. The first-order valence-electron chi connectivity index (χ1n) is 19.4. The van der Waals surface area contributed by atoms with Crippen LogP contribution in [-0.2, 0) is 25.5 Å². The molecule has 0 saturated carbocycles. The molecular weight excluding hydrogens is 774 g/mol. The zero-order valence-electron chi connectivity index (χ0n) is 33.8. The smallest absolute Gasteiger partial charge is 0.384 e. The molecule has 11 heteroatoms. The van der Waals surface area contributed by atoms with Gasteiger partial charge in [0.1, 0.15) is 11.6 Å². The number of terminal acetylenes is 1. The number of benzene rings is 6. The third-order valence-electron chi connectivity index (χ3n) is 9.74. The predicted molar refractivity (Wildman–Crippen MR) is 238 cm³/mol. The van der Waals surface area contributed by atoms with E-state index < -0.39 is 11.9 Å². The van der Waals surface area contributed by atoms with Gasteiger partial charge in [-0.25, -0.2) is 14.0 Å². The molecule has 0 aliphatic carbocycles. The van der Waals surface area contributed by atoms with Gasteiger partial charge in [0.25, 0.3) is 0 Å². The van der Waals surface area contributed by atoms with E-state index in [1.54, 1.807) is 36.4 Å². The van der Waals surface area contributed by atoms with Crippen LogP contribution in [0.25, 0.3) is 44.2 Å². The molecule has 0 spiro atoms. The first-order valence-corrected chi connectivity index (χ1v) is 19.4. The van der Waals surface area contributed by atoms with E-state index in [-0.39, 0.29) is 25.8 Å². The quantitative estimate of drug-likeness (QED) is 0.0262. The maximum absolute atomic E-state index is 15.6. The van der Waals surface area contributed by atoms with Gasteiger partial charge < -0.3 is 39.4 Å². The molecule has 10 nitrogen and oxygen atoms in total. The van der Waals surface area contributed by atoms with Gasteiger partial charge in [-0.1, -0.05) is 73.3 Å². The van der Waals surface area contributed by atoms with Gasteiger partial charge in [0, 0.05) is 73.4 Å². The number of rotatable bonds is 15. The van der Waals surface area contributed by atoms with Crippen molar-refractivity contribution in [1.29, 1.82) is 10.8 Å². The summed E-state index contributed by atoms with van der Waals surface area (Å²) < 4.78 is 41.4. The molecule has 0 bridgehead atoms. The fourth-order valence-corrected chi connectivity index (χ4v) is 6.78. The minimum atomic E-state index is -0.670. The topological polar surface area (TPSA) is 131 Å². The van der Waals surface area contributed by atoms with Crippen molar-refractivity contribution in [2.24, 2.45) is 0 Å². The van der Waals surface area contributed by atoms with E-state index in [4.69, 9.17) is 40.9 Å². The SMILES string of the molecule is C#CC(=O)OCCc1ccc2c(N(C)C)c(-c3ccc(-c4ccc(-c5ccc(OCCCOC(=O)C=C)cc5)c(F)c4)c(C=N)c3)ccc2c1.N=Cc1ccc2c(c1)OCO2. The average molecular weight is 818 g/mol. The number of carbonyl (C=O) groups is 2. The summed E-state index contributed by atoms with van der Waals surface area (Å²) in [6, 6.07) is 33.8. The number of fused-ring (bicyclic) bond motifs is 2. The fourth-order valence-electron chi connectivity index (χ4n) is 6.78. The number of hydrogen-bond acceptors (Lipinski definition) is 10. The molecule has 2 N–H and O–H groups in total. The Bertz CT molecular complexity index is 2630. The van der Waals surface area contributed by atoms with Crippen molar-refractivity contribution in [1.82, 2.24) is 0 Å². The molecule has 1 heterocycles. The van der Waals surface area contributed by atoms with Crippen molar-refractivity contribution in [3.8, 4) is 63.0 Å². The molecule has 0 atom stereocenters. The van der Waals surface area contributed by atoms with Crippen LogP contribution in [0.1, 0.15) is 23.1 Å². The second kappa shape index (κ2) is 20.3. The number of hydrogen-bond donors (Lipinski definition) is 2. The third-order valence-corrected chi connectivity index (χ3v) is 9.74. The minimum Gasteiger partial charge on any atom is -0.493 e. The van der Waals surface area contributed by atoms with Crippen molar-refractivity contribution < 1.29 is 37.7 Å². The molecule has 308 valence electrons. The maximum atomic E-state index is 15.6.